The van der Waals surface area contributed by atoms with Crippen LogP contribution in [0.3, 0.4) is 0 Å². The van der Waals surface area contributed by atoms with Gasteiger partial charge in [-0.15, -0.1) is 12.4 Å². The summed E-state index contributed by atoms with van der Waals surface area (Å²) >= 11 is 0. The van der Waals surface area contributed by atoms with Crippen LogP contribution in [0.4, 0.5) is 0 Å². The molecule has 0 aromatic carbocycles. The zero-order valence-corrected chi connectivity index (χ0v) is 14.9. The first-order valence-corrected chi connectivity index (χ1v) is 8.98. The van der Waals surface area contributed by atoms with Crippen molar-refractivity contribution >= 4 is 24.2 Å². The summed E-state index contributed by atoms with van der Waals surface area (Å²) in [6, 6.07) is 0. The third kappa shape index (κ3) is 8.56. The molecule has 0 radical (unpaired) electrons. The molecule has 23 heavy (non-hydrogen) atoms. The van der Waals surface area contributed by atoms with Gasteiger partial charge in [0.15, 0.2) is 0 Å². The molecule has 0 bridgehead atoms. The van der Waals surface area contributed by atoms with Crippen molar-refractivity contribution < 1.29 is 9.59 Å². The molecule has 2 amide bonds. The van der Waals surface area contributed by atoms with Crippen molar-refractivity contribution in [1.29, 1.82) is 0 Å². The van der Waals surface area contributed by atoms with Crippen molar-refractivity contribution in [1.82, 2.24) is 16.0 Å². The lowest BCUT2D eigenvalue weighted by atomic mass is 9.87. The van der Waals surface area contributed by atoms with Crippen molar-refractivity contribution in [2.45, 2.75) is 57.8 Å². The minimum absolute atomic E-state index is 0. The lowest BCUT2D eigenvalue weighted by molar-refractivity contribution is -0.126. The SMILES string of the molecule is Cl.O=C(CNC(=O)CC1CCCCC1)NCCC1CCCNC1. The summed E-state index contributed by atoms with van der Waals surface area (Å²) in [6.45, 7) is 3.02. The Bertz CT molecular complexity index is 354. The van der Waals surface area contributed by atoms with Crippen LogP contribution < -0.4 is 16.0 Å². The summed E-state index contributed by atoms with van der Waals surface area (Å²) in [5, 5.41) is 9.04. The molecule has 2 rings (SSSR count). The Morgan fingerprint density at radius 3 is 2.35 bits per heavy atom. The van der Waals surface area contributed by atoms with Crippen molar-refractivity contribution in [2.75, 3.05) is 26.2 Å². The lowest BCUT2D eigenvalue weighted by Crippen LogP contribution is -2.39. The van der Waals surface area contributed by atoms with Crippen LogP contribution in [-0.2, 0) is 9.59 Å². The molecule has 1 unspecified atom stereocenters. The summed E-state index contributed by atoms with van der Waals surface area (Å²) in [4.78, 5) is 23.6. The number of carbonyl (C=O) groups is 2. The summed E-state index contributed by atoms with van der Waals surface area (Å²) < 4.78 is 0. The fourth-order valence-corrected chi connectivity index (χ4v) is 3.55. The van der Waals surface area contributed by atoms with Gasteiger partial charge in [-0.25, -0.2) is 0 Å². The van der Waals surface area contributed by atoms with Gasteiger partial charge in [0.05, 0.1) is 6.54 Å². The maximum atomic E-state index is 11.8. The third-order valence-electron chi connectivity index (χ3n) is 4.92. The lowest BCUT2D eigenvalue weighted by Gasteiger charge is -2.22. The Morgan fingerprint density at radius 2 is 1.65 bits per heavy atom. The topological polar surface area (TPSA) is 70.2 Å². The van der Waals surface area contributed by atoms with E-state index in [1.807, 2.05) is 0 Å². The summed E-state index contributed by atoms with van der Waals surface area (Å²) in [5.74, 6) is 1.16. The van der Waals surface area contributed by atoms with E-state index in [1.165, 1.54) is 32.1 Å². The highest BCUT2D eigenvalue weighted by Gasteiger charge is 2.17. The van der Waals surface area contributed by atoms with Gasteiger partial charge in [-0.3, -0.25) is 9.59 Å². The van der Waals surface area contributed by atoms with Crippen LogP contribution in [-0.4, -0.2) is 38.0 Å². The number of rotatable bonds is 7. The molecule has 1 aliphatic carbocycles. The highest BCUT2D eigenvalue weighted by molar-refractivity contribution is 5.85. The van der Waals surface area contributed by atoms with E-state index >= 15 is 0 Å². The number of amides is 2. The Hall–Kier alpha value is -0.810. The van der Waals surface area contributed by atoms with Crippen molar-refractivity contribution in [3.8, 4) is 0 Å². The zero-order chi connectivity index (χ0) is 15.6. The van der Waals surface area contributed by atoms with Crippen LogP contribution in [0.2, 0.25) is 0 Å². The smallest absolute Gasteiger partial charge is 0.239 e. The average Bonchev–Trinajstić information content (AvgIpc) is 2.55. The summed E-state index contributed by atoms with van der Waals surface area (Å²) in [5.41, 5.74) is 0. The van der Waals surface area contributed by atoms with Crippen molar-refractivity contribution in [3.63, 3.8) is 0 Å². The molecule has 1 heterocycles. The quantitative estimate of drug-likeness (QED) is 0.661. The molecular formula is C17H32ClN3O2. The van der Waals surface area contributed by atoms with Crippen molar-refractivity contribution in [2.24, 2.45) is 11.8 Å². The molecule has 2 aliphatic rings. The highest BCUT2D eigenvalue weighted by atomic mass is 35.5. The maximum Gasteiger partial charge on any atom is 0.239 e. The van der Waals surface area contributed by atoms with E-state index in [9.17, 15) is 9.59 Å². The highest BCUT2D eigenvalue weighted by Crippen LogP contribution is 2.25. The number of nitrogens with one attached hydrogen (secondary N) is 3. The van der Waals surface area contributed by atoms with Crippen LogP contribution in [0.1, 0.15) is 57.8 Å². The van der Waals surface area contributed by atoms with E-state index in [4.69, 9.17) is 0 Å². The second kappa shape index (κ2) is 11.7. The standard InChI is InChI=1S/C17H31N3O2.ClH/c21-16(11-14-5-2-1-3-6-14)20-13-17(22)19-10-8-15-7-4-9-18-12-15;/h14-15,18H,1-13H2,(H,19,22)(H,20,21);1H. The van der Waals surface area contributed by atoms with Crippen LogP contribution in [0, 0.1) is 11.8 Å². The zero-order valence-electron chi connectivity index (χ0n) is 14.1. The Labute approximate surface area is 146 Å². The number of piperidine rings is 1. The van der Waals surface area contributed by atoms with Gasteiger partial charge in [-0.1, -0.05) is 19.3 Å². The first kappa shape index (κ1) is 20.2. The first-order valence-electron chi connectivity index (χ1n) is 8.98. The fourth-order valence-electron chi connectivity index (χ4n) is 3.55. The van der Waals surface area contributed by atoms with Gasteiger partial charge >= 0.3 is 0 Å². The normalized spacial score (nSPS) is 22.0. The molecule has 6 heteroatoms. The molecule has 1 atom stereocenters. The number of halogens is 1. The maximum absolute atomic E-state index is 11.8. The monoisotopic (exact) mass is 345 g/mol. The minimum atomic E-state index is -0.0687. The van der Waals surface area contributed by atoms with Crippen LogP contribution in [0.15, 0.2) is 0 Å². The second-order valence-corrected chi connectivity index (χ2v) is 6.84. The molecule has 1 saturated heterocycles. The largest absolute Gasteiger partial charge is 0.355 e. The summed E-state index contributed by atoms with van der Waals surface area (Å²) in [7, 11) is 0. The van der Waals surface area contributed by atoms with E-state index in [-0.39, 0.29) is 30.8 Å². The fraction of sp³-hybridized carbons (Fsp3) is 0.882. The number of hydrogen-bond donors (Lipinski definition) is 3. The molecule has 0 aromatic rings. The molecule has 134 valence electrons. The predicted octanol–water partition coefficient (Wildman–Crippen LogP) is 2.00. The number of carbonyl (C=O) groups excluding carboxylic acids is 2. The van der Waals surface area contributed by atoms with Crippen LogP contribution in [0.5, 0.6) is 0 Å². The van der Waals surface area contributed by atoms with Gasteiger partial charge < -0.3 is 16.0 Å². The van der Waals surface area contributed by atoms with E-state index < -0.39 is 0 Å². The van der Waals surface area contributed by atoms with E-state index in [2.05, 4.69) is 16.0 Å². The Morgan fingerprint density at radius 1 is 0.913 bits per heavy atom. The van der Waals surface area contributed by atoms with Crippen molar-refractivity contribution in [3.05, 3.63) is 0 Å². The predicted molar refractivity (Wildman–Crippen MR) is 94.7 cm³/mol. The molecule has 3 N–H and O–H groups in total. The minimum Gasteiger partial charge on any atom is -0.355 e. The molecule has 1 saturated carbocycles. The van der Waals surface area contributed by atoms with Gasteiger partial charge in [0.1, 0.15) is 0 Å². The molecule has 0 spiro atoms. The van der Waals surface area contributed by atoms with Gasteiger partial charge in [0.2, 0.25) is 11.8 Å². The average molecular weight is 346 g/mol. The van der Waals surface area contributed by atoms with Crippen LogP contribution >= 0.6 is 12.4 Å². The Kier molecular flexibility index (Phi) is 10.3. The number of hydrogen-bond acceptors (Lipinski definition) is 3. The Balaban J connectivity index is 0.00000264. The van der Waals surface area contributed by atoms with E-state index in [0.29, 0.717) is 24.8 Å². The molecule has 0 aromatic heterocycles. The van der Waals surface area contributed by atoms with Gasteiger partial charge in [0.25, 0.3) is 0 Å². The van der Waals surface area contributed by atoms with Gasteiger partial charge in [-0.2, -0.15) is 0 Å². The van der Waals surface area contributed by atoms with Gasteiger partial charge in [0, 0.05) is 13.0 Å². The molecule has 1 aliphatic heterocycles. The summed E-state index contributed by atoms with van der Waals surface area (Å²) in [6.07, 6.45) is 10.2. The molecule has 2 fully saturated rings. The third-order valence-corrected chi connectivity index (χ3v) is 4.92. The van der Waals surface area contributed by atoms with E-state index in [0.717, 1.165) is 32.4 Å². The molecular weight excluding hydrogens is 314 g/mol. The van der Waals surface area contributed by atoms with Crippen LogP contribution in [0.25, 0.3) is 0 Å². The first-order chi connectivity index (χ1) is 10.7. The second-order valence-electron chi connectivity index (χ2n) is 6.84. The molecule has 5 nitrogen and oxygen atoms in total. The van der Waals surface area contributed by atoms with E-state index in [1.54, 1.807) is 0 Å². The van der Waals surface area contributed by atoms with Gasteiger partial charge in [-0.05, 0) is 57.0 Å².